The van der Waals surface area contributed by atoms with Crippen molar-refractivity contribution >= 4 is 39.3 Å². The van der Waals surface area contributed by atoms with E-state index in [1.807, 2.05) is 77.3 Å². The van der Waals surface area contributed by atoms with E-state index in [1.54, 1.807) is 0 Å². The van der Waals surface area contributed by atoms with Gasteiger partial charge in [-0.3, -0.25) is 9.78 Å². The maximum absolute atomic E-state index is 13.1. The van der Waals surface area contributed by atoms with Crippen molar-refractivity contribution in [3.05, 3.63) is 89.2 Å². The second-order valence-corrected chi connectivity index (χ2v) is 9.15. The molecule has 0 radical (unpaired) electrons. The number of pyridine rings is 1. The number of carbonyl (C=O) groups excluding carboxylic acids is 1. The first-order valence-corrected chi connectivity index (χ1v) is 12.0. The van der Waals surface area contributed by atoms with Crippen LogP contribution >= 0.6 is 11.6 Å². The predicted octanol–water partition coefficient (Wildman–Crippen LogP) is 5.67. The monoisotopic (exact) mass is 482 g/mol. The minimum atomic E-state index is 0.0138. The smallest absolute Gasteiger partial charge is 0.254 e. The van der Waals surface area contributed by atoms with Crippen molar-refractivity contribution in [3.63, 3.8) is 0 Å². The van der Waals surface area contributed by atoms with E-state index in [0.717, 1.165) is 44.3 Å². The molecule has 35 heavy (non-hydrogen) atoms. The third-order valence-corrected chi connectivity index (χ3v) is 6.76. The number of halogens is 1. The van der Waals surface area contributed by atoms with Gasteiger partial charge in [0.15, 0.2) is 0 Å². The Morgan fingerprint density at radius 3 is 2.51 bits per heavy atom. The van der Waals surface area contributed by atoms with Crippen LogP contribution in [0.1, 0.15) is 16.1 Å². The topological polar surface area (TPSA) is 60.2 Å². The third kappa shape index (κ3) is 3.95. The fraction of sp³-hybridized carbons (Fsp3) is 0.179. The Bertz CT molecular complexity index is 1570. The van der Waals surface area contributed by atoms with Gasteiger partial charge in [-0.15, -0.1) is 0 Å². The van der Waals surface area contributed by atoms with Crippen LogP contribution in [0.15, 0.2) is 72.9 Å². The first-order valence-electron chi connectivity index (χ1n) is 11.6. The van der Waals surface area contributed by atoms with Gasteiger partial charge < -0.3 is 9.64 Å². The molecule has 6 rings (SSSR count). The van der Waals surface area contributed by atoms with Crippen LogP contribution in [0.25, 0.3) is 38.6 Å². The van der Waals surface area contributed by atoms with E-state index < -0.39 is 0 Å². The van der Waals surface area contributed by atoms with E-state index in [0.29, 0.717) is 36.9 Å². The molecule has 2 aromatic heterocycles. The SMILES string of the molecule is Cc1nn(-c2cccc(C(=O)N3CCOCC3)c2)c2c1cnc1ccc(-c3ccc(Cl)cc3)cc12. The van der Waals surface area contributed by atoms with Gasteiger partial charge >= 0.3 is 0 Å². The number of amides is 1. The van der Waals surface area contributed by atoms with E-state index in [2.05, 4.69) is 17.1 Å². The second kappa shape index (κ2) is 8.80. The Morgan fingerprint density at radius 2 is 1.71 bits per heavy atom. The molecule has 1 amide bonds. The lowest BCUT2D eigenvalue weighted by atomic mass is 10.0. The largest absolute Gasteiger partial charge is 0.378 e. The maximum Gasteiger partial charge on any atom is 0.254 e. The van der Waals surface area contributed by atoms with Crippen LogP contribution in [0.5, 0.6) is 0 Å². The van der Waals surface area contributed by atoms with Gasteiger partial charge in [0.25, 0.3) is 5.91 Å². The van der Waals surface area contributed by atoms with Gasteiger partial charge in [-0.2, -0.15) is 5.10 Å². The summed E-state index contributed by atoms with van der Waals surface area (Å²) < 4.78 is 7.32. The van der Waals surface area contributed by atoms with Crippen molar-refractivity contribution in [1.29, 1.82) is 0 Å². The van der Waals surface area contributed by atoms with Gasteiger partial charge in [-0.05, 0) is 60.5 Å². The molecular weight excluding hydrogens is 460 g/mol. The number of hydrogen-bond donors (Lipinski definition) is 0. The van der Waals surface area contributed by atoms with Gasteiger partial charge in [0.2, 0.25) is 0 Å². The Labute approximate surface area is 207 Å². The lowest BCUT2D eigenvalue weighted by molar-refractivity contribution is 0.0303. The number of benzene rings is 3. The summed E-state index contributed by atoms with van der Waals surface area (Å²) in [6.45, 7) is 4.35. The molecule has 7 heteroatoms. The molecule has 0 unspecified atom stereocenters. The van der Waals surface area contributed by atoms with Crippen LogP contribution in [-0.4, -0.2) is 51.9 Å². The first kappa shape index (κ1) is 21.8. The summed E-state index contributed by atoms with van der Waals surface area (Å²) in [5.41, 5.74) is 6.38. The van der Waals surface area contributed by atoms with E-state index in [9.17, 15) is 4.79 Å². The van der Waals surface area contributed by atoms with Gasteiger partial charge in [-0.25, -0.2) is 4.68 Å². The average molecular weight is 483 g/mol. The molecule has 1 fully saturated rings. The highest BCUT2D eigenvalue weighted by Crippen LogP contribution is 2.32. The number of rotatable bonds is 3. The minimum Gasteiger partial charge on any atom is -0.378 e. The molecule has 3 heterocycles. The fourth-order valence-electron chi connectivity index (χ4n) is 4.65. The van der Waals surface area contributed by atoms with Crippen LogP contribution in [0.3, 0.4) is 0 Å². The van der Waals surface area contributed by atoms with Crippen LogP contribution in [0.2, 0.25) is 5.02 Å². The van der Waals surface area contributed by atoms with E-state index in [-0.39, 0.29) is 5.91 Å². The zero-order valence-corrected chi connectivity index (χ0v) is 20.0. The zero-order chi connectivity index (χ0) is 23.9. The number of fused-ring (bicyclic) bond motifs is 3. The van der Waals surface area contributed by atoms with E-state index in [4.69, 9.17) is 21.4 Å². The standard InChI is InChI=1S/C28H23ClN4O2/c1-18-25-17-30-26-10-7-20(19-5-8-22(29)9-6-19)16-24(26)27(25)33(31-18)23-4-2-3-21(15-23)28(34)32-11-13-35-14-12-32/h2-10,15-17H,11-14H2,1H3. The van der Waals surface area contributed by atoms with Crippen molar-refractivity contribution in [1.82, 2.24) is 19.7 Å². The molecule has 3 aromatic carbocycles. The number of morpholine rings is 1. The highest BCUT2D eigenvalue weighted by atomic mass is 35.5. The van der Waals surface area contributed by atoms with E-state index >= 15 is 0 Å². The van der Waals surface area contributed by atoms with Crippen LogP contribution < -0.4 is 0 Å². The molecule has 1 saturated heterocycles. The average Bonchev–Trinajstić information content (AvgIpc) is 3.26. The highest BCUT2D eigenvalue weighted by molar-refractivity contribution is 6.30. The summed E-state index contributed by atoms with van der Waals surface area (Å²) in [5, 5.41) is 7.54. The Morgan fingerprint density at radius 1 is 0.943 bits per heavy atom. The summed E-state index contributed by atoms with van der Waals surface area (Å²) >= 11 is 6.09. The summed E-state index contributed by atoms with van der Waals surface area (Å²) in [6.07, 6.45) is 1.88. The molecule has 0 atom stereocenters. The molecular formula is C28H23ClN4O2. The molecule has 1 aliphatic heterocycles. The lowest BCUT2D eigenvalue weighted by Crippen LogP contribution is -2.40. The van der Waals surface area contributed by atoms with Crippen molar-refractivity contribution in [3.8, 4) is 16.8 Å². The predicted molar refractivity (Wildman–Crippen MR) is 138 cm³/mol. The van der Waals surface area contributed by atoms with Gasteiger partial charge in [0.1, 0.15) is 0 Å². The molecule has 0 saturated carbocycles. The first-order chi connectivity index (χ1) is 17.1. The quantitative estimate of drug-likeness (QED) is 0.332. The minimum absolute atomic E-state index is 0.0138. The molecule has 6 nitrogen and oxygen atoms in total. The number of hydrogen-bond acceptors (Lipinski definition) is 4. The summed E-state index contributed by atoms with van der Waals surface area (Å²) in [4.78, 5) is 19.6. The Hall–Kier alpha value is -3.74. The molecule has 1 aliphatic rings. The maximum atomic E-state index is 13.1. The van der Waals surface area contributed by atoms with Crippen molar-refractivity contribution in [2.75, 3.05) is 26.3 Å². The van der Waals surface area contributed by atoms with Crippen molar-refractivity contribution in [2.24, 2.45) is 0 Å². The van der Waals surface area contributed by atoms with Crippen molar-refractivity contribution < 1.29 is 9.53 Å². The lowest BCUT2D eigenvalue weighted by Gasteiger charge is -2.27. The summed E-state index contributed by atoms with van der Waals surface area (Å²) in [7, 11) is 0. The summed E-state index contributed by atoms with van der Waals surface area (Å²) in [6, 6.07) is 21.7. The fourth-order valence-corrected chi connectivity index (χ4v) is 4.78. The highest BCUT2D eigenvalue weighted by Gasteiger charge is 2.20. The van der Waals surface area contributed by atoms with Crippen LogP contribution in [0.4, 0.5) is 0 Å². The van der Waals surface area contributed by atoms with Crippen LogP contribution in [-0.2, 0) is 4.74 Å². The molecule has 0 spiro atoms. The molecule has 5 aromatic rings. The van der Waals surface area contributed by atoms with Gasteiger partial charge in [0, 0.05) is 40.6 Å². The van der Waals surface area contributed by atoms with E-state index in [1.165, 1.54) is 0 Å². The number of carbonyl (C=O) groups is 1. The van der Waals surface area contributed by atoms with Crippen LogP contribution in [0, 0.1) is 6.92 Å². The van der Waals surface area contributed by atoms with Crippen molar-refractivity contribution in [2.45, 2.75) is 6.92 Å². The summed E-state index contributed by atoms with van der Waals surface area (Å²) in [5.74, 6) is 0.0138. The number of ether oxygens (including phenoxy) is 1. The Kier molecular flexibility index (Phi) is 5.47. The molecule has 0 bridgehead atoms. The molecule has 174 valence electrons. The van der Waals surface area contributed by atoms with Gasteiger partial charge in [0.05, 0.1) is 35.6 Å². The Balaban J connectivity index is 1.50. The normalized spacial score (nSPS) is 14.1. The molecule has 0 aliphatic carbocycles. The number of aryl methyl sites for hydroxylation is 1. The van der Waals surface area contributed by atoms with Gasteiger partial charge in [-0.1, -0.05) is 35.9 Å². The number of aromatic nitrogens is 3. The third-order valence-electron chi connectivity index (χ3n) is 6.50. The zero-order valence-electron chi connectivity index (χ0n) is 19.2. The molecule has 0 N–H and O–H groups in total. The number of nitrogens with zero attached hydrogens (tertiary/aromatic N) is 4. The second-order valence-electron chi connectivity index (χ2n) is 8.71.